The number of aryl methyl sites for hydroxylation is 1. The maximum atomic E-state index is 6.11. The van der Waals surface area contributed by atoms with Gasteiger partial charge in [-0.05, 0) is 55.5 Å². The summed E-state index contributed by atoms with van der Waals surface area (Å²) < 4.78 is 13.7. The molecule has 174 valence electrons. The summed E-state index contributed by atoms with van der Waals surface area (Å²) in [5, 5.41) is 11.2. The molecule has 7 nitrogen and oxygen atoms in total. The molecule has 33 heavy (non-hydrogen) atoms. The number of benzene rings is 2. The molecule has 1 unspecified atom stereocenters. The molecular weight excluding hydrogens is 414 g/mol. The first-order valence-corrected chi connectivity index (χ1v) is 11.6. The maximum absolute atomic E-state index is 6.11. The summed E-state index contributed by atoms with van der Waals surface area (Å²) in [4.78, 5) is 4.36. The molecular formula is C26H33N5O2. The molecule has 4 rings (SSSR count). The molecule has 1 atom stereocenters. The first kappa shape index (κ1) is 22.9. The number of ether oxygens (including phenoxy) is 2. The number of guanidine groups is 1. The van der Waals surface area contributed by atoms with Crippen LogP contribution in [0.25, 0.3) is 5.69 Å². The van der Waals surface area contributed by atoms with Gasteiger partial charge in [-0.3, -0.25) is 4.99 Å². The molecule has 1 aliphatic heterocycles. The Hall–Kier alpha value is -3.32. The molecule has 1 saturated heterocycles. The van der Waals surface area contributed by atoms with Crippen LogP contribution in [-0.2, 0) is 17.7 Å². The second-order valence-electron chi connectivity index (χ2n) is 8.29. The lowest BCUT2D eigenvalue weighted by Gasteiger charge is -2.17. The van der Waals surface area contributed by atoms with Crippen molar-refractivity contribution >= 4 is 5.96 Å². The number of nitrogens with one attached hydrogen (secondary N) is 2. The van der Waals surface area contributed by atoms with Gasteiger partial charge in [-0.1, -0.05) is 30.3 Å². The van der Waals surface area contributed by atoms with Crippen LogP contribution in [0.3, 0.4) is 0 Å². The molecule has 2 aromatic carbocycles. The quantitative estimate of drug-likeness (QED) is 0.387. The molecule has 2 N–H and O–H groups in total. The Bertz CT molecular complexity index is 1040. The molecule has 1 aromatic heterocycles. The van der Waals surface area contributed by atoms with Crippen molar-refractivity contribution in [2.24, 2.45) is 4.99 Å². The van der Waals surface area contributed by atoms with Crippen LogP contribution in [0.2, 0.25) is 0 Å². The lowest BCUT2D eigenvalue weighted by molar-refractivity contribution is 0.0676. The molecule has 7 heteroatoms. The van der Waals surface area contributed by atoms with E-state index in [2.05, 4.69) is 52.0 Å². The summed E-state index contributed by atoms with van der Waals surface area (Å²) >= 11 is 0. The van der Waals surface area contributed by atoms with E-state index in [0.717, 1.165) is 55.4 Å². The zero-order valence-electron chi connectivity index (χ0n) is 19.5. The van der Waals surface area contributed by atoms with Crippen LogP contribution in [-0.4, -0.2) is 48.7 Å². The highest BCUT2D eigenvalue weighted by Crippen LogP contribution is 2.22. The predicted octanol–water partition coefficient (Wildman–Crippen LogP) is 3.65. The highest BCUT2D eigenvalue weighted by atomic mass is 16.5. The van der Waals surface area contributed by atoms with E-state index in [1.165, 1.54) is 11.1 Å². The number of para-hydroxylation sites is 1. The molecule has 3 aromatic rings. The van der Waals surface area contributed by atoms with E-state index in [1.807, 2.05) is 41.2 Å². The van der Waals surface area contributed by atoms with Crippen molar-refractivity contribution in [1.29, 1.82) is 0 Å². The third-order valence-electron chi connectivity index (χ3n) is 5.70. The van der Waals surface area contributed by atoms with E-state index in [0.29, 0.717) is 13.2 Å². The van der Waals surface area contributed by atoms with Crippen LogP contribution in [0.4, 0.5) is 0 Å². The third-order valence-corrected chi connectivity index (χ3v) is 5.70. The fraction of sp³-hybridized carbons (Fsp3) is 0.385. The number of hydrogen-bond acceptors (Lipinski definition) is 4. The van der Waals surface area contributed by atoms with Gasteiger partial charge in [0.2, 0.25) is 0 Å². The number of nitrogens with zero attached hydrogens (tertiary/aromatic N) is 3. The Morgan fingerprint density at radius 3 is 2.88 bits per heavy atom. The fourth-order valence-electron chi connectivity index (χ4n) is 3.84. The van der Waals surface area contributed by atoms with Crippen LogP contribution >= 0.6 is 0 Å². The zero-order chi connectivity index (χ0) is 22.9. The van der Waals surface area contributed by atoms with E-state index in [9.17, 15) is 0 Å². The molecule has 0 radical (unpaired) electrons. The Labute approximate surface area is 195 Å². The van der Waals surface area contributed by atoms with Gasteiger partial charge in [0.1, 0.15) is 12.4 Å². The van der Waals surface area contributed by atoms with Gasteiger partial charge in [0.25, 0.3) is 0 Å². The minimum atomic E-state index is 0.201. The molecule has 2 heterocycles. The molecule has 0 amide bonds. The van der Waals surface area contributed by atoms with E-state index < -0.39 is 0 Å². The number of aliphatic imine (C=N–C) groups is 1. The molecule has 0 bridgehead atoms. The summed E-state index contributed by atoms with van der Waals surface area (Å²) in [7, 11) is 1.78. The van der Waals surface area contributed by atoms with Gasteiger partial charge in [0, 0.05) is 38.5 Å². The van der Waals surface area contributed by atoms with Crippen molar-refractivity contribution in [2.75, 3.05) is 26.8 Å². The van der Waals surface area contributed by atoms with Crippen molar-refractivity contribution in [1.82, 2.24) is 20.4 Å². The van der Waals surface area contributed by atoms with Crippen molar-refractivity contribution in [2.45, 2.75) is 38.8 Å². The highest BCUT2D eigenvalue weighted by molar-refractivity contribution is 5.79. The average Bonchev–Trinajstić information content (AvgIpc) is 3.54. The highest BCUT2D eigenvalue weighted by Gasteiger charge is 2.17. The Kier molecular flexibility index (Phi) is 7.98. The lowest BCUT2D eigenvalue weighted by atomic mass is 10.1. The normalized spacial score (nSPS) is 16.1. The number of hydrogen-bond donors (Lipinski definition) is 2. The van der Waals surface area contributed by atoms with Crippen LogP contribution < -0.4 is 15.4 Å². The van der Waals surface area contributed by atoms with Gasteiger partial charge in [0.05, 0.1) is 18.0 Å². The first-order valence-electron chi connectivity index (χ1n) is 11.6. The zero-order valence-corrected chi connectivity index (χ0v) is 19.5. The second kappa shape index (κ2) is 11.5. The predicted molar refractivity (Wildman–Crippen MR) is 131 cm³/mol. The van der Waals surface area contributed by atoms with Crippen LogP contribution in [0.1, 0.15) is 29.5 Å². The molecule has 0 saturated carbocycles. The fourth-order valence-corrected chi connectivity index (χ4v) is 3.84. The Morgan fingerprint density at radius 1 is 1.21 bits per heavy atom. The molecule has 1 fully saturated rings. The van der Waals surface area contributed by atoms with Crippen LogP contribution in [0.5, 0.6) is 5.75 Å². The third kappa shape index (κ3) is 6.58. The molecule has 0 aliphatic carbocycles. The lowest BCUT2D eigenvalue weighted by Crippen LogP contribution is -2.38. The molecule has 1 aliphatic rings. The standard InChI is InChI=1S/C26H33N5O2/c1-20-10-11-22(25(15-20)33-19-24-9-6-14-32-24)17-29-26(27-2)28-13-12-21-16-30-31(18-21)23-7-4-3-5-8-23/h3-5,7-8,10-11,15-16,18,24H,6,9,12-14,17,19H2,1-2H3,(H2,27,28,29). The monoisotopic (exact) mass is 447 g/mol. The second-order valence-corrected chi connectivity index (χ2v) is 8.29. The summed E-state index contributed by atoms with van der Waals surface area (Å²) in [5.74, 6) is 1.66. The number of rotatable bonds is 9. The van der Waals surface area contributed by atoms with Crippen LogP contribution in [0.15, 0.2) is 65.9 Å². The Morgan fingerprint density at radius 2 is 2.09 bits per heavy atom. The molecule has 0 spiro atoms. The minimum Gasteiger partial charge on any atom is -0.491 e. The maximum Gasteiger partial charge on any atom is 0.191 e. The van der Waals surface area contributed by atoms with E-state index in [1.54, 1.807) is 7.05 Å². The summed E-state index contributed by atoms with van der Waals surface area (Å²) in [5.41, 5.74) is 4.51. The SMILES string of the molecule is CN=C(NCCc1cnn(-c2ccccc2)c1)NCc1ccc(C)cc1OCC1CCCO1. The van der Waals surface area contributed by atoms with Gasteiger partial charge in [0.15, 0.2) is 5.96 Å². The van der Waals surface area contributed by atoms with Gasteiger partial charge in [-0.15, -0.1) is 0 Å². The summed E-state index contributed by atoms with van der Waals surface area (Å²) in [6.45, 7) is 4.91. The average molecular weight is 448 g/mol. The smallest absolute Gasteiger partial charge is 0.191 e. The minimum absolute atomic E-state index is 0.201. The van der Waals surface area contributed by atoms with Crippen molar-refractivity contribution < 1.29 is 9.47 Å². The summed E-state index contributed by atoms with van der Waals surface area (Å²) in [6, 6.07) is 16.4. The van der Waals surface area contributed by atoms with Gasteiger partial charge in [-0.2, -0.15) is 5.10 Å². The topological polar surface area (TPSA) is 72.7 Å². The van der Waals surface area contributed by atoms with E-state index >= 15 is 0 Å². The van der Waals surface area contributed by atoms with E-state index in [4.69, 9.17) is 9.47 Å². The van der Waals surface area contributed by atoms with Crippen molar-refractivity contribution in [3.8, 4) is 11.4 Å². The van der Waals surface area contributed by atoms with Crippen molar-refractivity contribution in [3.63, 3.8) is 0 Å². The van der Waals surface area contributed by atoms with Crippen LogP contribution in [0, 0.1) is 6.92 Å². The van der Waals surface area contributed by atoms with E-state index in [-0.39, 0.29) is 6.10 Å². The van der Waals surface area contributed by atoms with Crippen molar-refractivity contribution in [3.05, 3.63) is 77.6 Å². The van der Waals surface area contributed by atoms with Gasteiger partial charge >= 0.3 is 0 Å². The largest absolute Gasteiger partial charge is 0.491 e. The summed E-state index contributed by atoms with van der Waals surface area (Å²) in [6.07, 6.45) is 7.22. The first-order chi connectivity index (χ1) is 16.2. The van der Waals surface area contributed by atoms with Gasteiger partial charge < -0.3 is 20.1 Å². The van der Waals surface area contributed by atoms with Gasteiger partial charge in [-0.25, -0.2) is 4.68 Å². The Balaban J connectivity index is 1.26. The number of aromatic nitrogens is 2.